The highest BCUT2D eigenvalue weighted by Crippen LogP contribution is 2.05. The molecule has 20 heavy (non-hydrogen) atoms. The third-order valence-corrected chi connectivity index (χ3v) is 4.87. The van der Waals surface area contributed by atoms with Crippen molar-refractivity contribution in [2.24, 2.45) is 5.92 Å². The van der Waals surface area contributed by atoms with E-state index in [1.807, 2.05) is 6.92 Å². The first-order valence-corrected chi connectivity index (χ1v) is 8.36. The minimum Gasteiger partial charge on any atom is -0.481 e. The average Bonchev–Trinajstić information content (AvgIpc) is 2.34. The Labute approximate surface area is 120 Å². The van der Waals surface area contributed by atoms with E-state index in [0.29, 0.717) is 25.9 Å². The van der Waals surface area contributed by atoms with Gasteiger partial charge in [-0.1, -0.05) is 27.2 Å². The Kier molecular flexibility index (Phi) is 8.40. The molecule has 0 heterocycles. The van der Waals surface area contributed by atoms with Gasteiger partial charge in [0.05, 0.1) is 5.92 Å². The predicted molar refractivity (Wildman–Crippen MR) is 75.8 cm³/mol. The molecule has 2 N–H and O–H groups in total. The molecule has 1 unspecified atom stereocenters. The van der Waals surface area contributed by atoms with Gasteiger partial charge in [0.15, 0.2) is 0 Å². The van der Waals surface area contributed by atoms with Crippen LogP contribution >= 0.6 is 0 Å². The molecule has 0 aliphatic carbocycles. The second-order valence-corrected chi connectivity index (χ2v) is 6.44. The van der Waals surface area contributed by atoms with Gasteiger partial charge in [0.25, 0.3) is 0 Å². The van der Waals surface area contributed by atoms with E-state index in [2.05, 4.69) is 5.32 Å². The Bertz CT molecular complexity index is 418. The third-order valence-electron chi connectivity index (χ3n) is 2.94. The molecular weight excluding hydrogens is 284 g/mol. The van der Waals surface area contributed by atoms with E-state index < -0.39 is 33.6 Å². The molecule has 0 rings (SSSR count). The fourth-order valence-electron chi connectivity index (χ4n) is 1.82. The van der Waals surface area contributed by atoms with Crippen LogP contribution in [-0.4, -0.2) is 55.1 Å². The van der Waals surface area contributed by atoms with Gasteiger partial charge in [-0.25, -0.2) is 12.7 Å². The molecule has 8 heteroatoms. The van der Waals surface area contributed by atoms with Crippen molar-refractivity contribution in [3.05, 3.63) is 0 Å². The van der Waals surface area contributed by atoms with Crippen LogP contribution in [0.3, 0.4) is 0 Å². The van der Waals surface area contributed by atoms with Gasteiger partial charge in [-0.05, 0) is 6.42 Å². The quantitative estimate of drug-likeness (QED) is 0.603. The van der Waals surface area contributed by atoms with E-state index in [-0.39, 0.29) is 6.54 Å². The molecule has 7 nitrogen and oxygen atoms in total. The minimum atomic E-state index is -3.63. The number of amides is 1. The van der Waals surface area contributed by atoms with E-state index in [1.54, 1.807) is 13.8 Å². The number of aliphatic carboxylic acids is 1. The normalized spacial score (nSPS) is 13.2. The maximum absolute atomic E-state index is 11.9. The summed E-state index contributed by atoms with van der Waals surface area (Å²) in [5.41, 5.74) is 0. The van der Waals surface area contributed by atoms with Gasteiger partial charge in [0.2, 0.25) is 15.9 Å². The fourth-order valence-corrected chi connectivity index (χ4v) is 3.23. The molecule has 1 amide bonds. The van der Waals surface area contributed by atoms with Crippen LogP contribution in [0.15, 0.2) is 0 Å². The molecule has 0 aromatic carbocycles. The number of carbonyl (C=O) groups excluding carboxylic acids is 1. The number of nitrogens with one attached hydrogen (secondary N) is 1. The lowest BCUT2D eigenvalue weighted by atomic mass is 10.0. The molecule has 0 aliphatic heterocycles. The lowest BCUT2D eigenvalue weighted by Gasteiger charge is -2.18. The number of nitrogens with zero attached hydrogens (tertiary/aromatic N) is 1. The molecule has 0 saturated heterocycles. The first-order valence-electron chi connectivity index (χ1n) is 6.75. The Balaban J connectivity index is 4.46. The SMILES string of the molecule is CCCC(CNC(=O)CS(=O)(=O)N(CC)CC)C(=O)O. The van der Waals surface area contributed by atoms with Crippen LogP contribution in [0.2, 0.25) is 0 Å². The standard InChI is InChI=1S/C12H24N2O5S/c1-4-7-10(12(16)17)8-13-11(15)9-20(18,19)14(5-2)6-3/h10H,4-9H2,1-3H3,(H,13,15)(H,16,17). The third kappa shape index (κ3) is 6.33. The molecule has 0 radical (unpaired) electrons. The Morgan fingerprint density at radius 2 is 1.75 bits per heavy atom. The maximum Gasteiger partial charge on any atom is 0.308 e. The number of rotatable bonds is 10. The molecule has 0 aliphatic rings. The number of hydrogen-bond donors (Lipinski definition) is 2. The molecule has 1 atom stereocenters. The largest absolute Gasteiger partial charge is 0.481 e. The van der Waals surface area contributed by atoms with Crippen LogP contribution in [0.5, 0.6) is 0 Å². The summed E-state index contributed by atoms with van der Waals surface area (Å²) in [5.74, 6) is -2.98. The Hall–Kier alpha value is -1.15. The average molecular weight is 308 g/mol. The van der Waals surface area contributed by atoms with Gasteiger partial charge < -0.3 is 10.4 Å². The fraction of sp³-hybridized carbons (Fsp3) is 0.833. The monoisotopic (exact) mass is 308 g/mol. The number of sulfonamides is 1. The van der Waals surface area contributed by atoms with Crippen LogP contribution in [0, 0.1) is 5.92 Å². The smallest absolute Gasteiger partial charge is 0.308 e. The van der Waals surface area contributed by atoms with E-state index >= 15 is 0 Å². The van der Waals surface area contributed by atoms with Crippen molar-refractivity contribution in [2.45, 2.75) is 33.6 Å². The summed E-state index contributed by atoms with van der Waals surface area (Å²) in [6.45, 7) is 5.80. The van der Waals surface area contributed by atoms with Crippen molar-refractivity contribution in [3.8, 4) is 0 Å². The van der Waals surface area contributed by atoms with Crippen molar-refractivity contribution < 1.29 is 23.1 Å². The molecule has 0 spiro atoms. The summed E-state index contributed by atoms with van der Waals surface area (Å²) in [4.78, 5) is 22.5. The Morgan fingerprint density at radius 3 is 2.15 bits per heavy atom. The van der Waals surface area contributed by atoms with Crippen molar-refractivity contribution in [1.82, 2.24) is 9.62 Å². The zero-order valence-corrected chi connectivity index (χ0v) is 13.1. The van der Waals surface area contributed by atoms with Gasteiger partial charge >= 0.3 is 5.97 Å². The molecule has 0 fully saturated rings. The van der Waals surface area contributed by atoms with E-state index in [4.69, 9.17) is 5.11 Å². The number of carbonyl (C=O) groups is 2. The molecule has 118 valence electrons. The van der Waals surface area contributed by atoms with Gasteiger partial charge in [0, 0.05) is 19.6 Å². The van der Waals surface area contributed by atoms with Crippen LogP contribution in [-0.2, 0) is 19.6 Å². The van der Waals surface area contributed by atoms with E-state index in [0.717, 1.165) is 0 Å². The second-order valence-electron chi connectivity index (χ2n) is 4.47. The highest BCUT2D eigenvalue weighted by Gasteiger charge is 2.24. The zero-order valence-electron chi connectivity index (χ0n) is 12.3. The topological polar surface area (TPSA) is 104 Å². The minimum absolute atomic E-state index is 0.0459. The van der Waals surface area contributed by atoms with Crippen LogP contribution in [0.1, 0.15) is 33.6 Å². The first kappa shape index (κ1) is 18.9. The lowest BCUT2D eigenvalue weighted by molar-refractivity contribution is -0.141. The summed E-state index contributed by atoms with van der Waals surface area (Å²) in [6.07, 6.45) is 1.13. The van der Waals surface area contributed by atoms with Crippen LogP contribution in [0.25, 0.3) is 0 Å². The number of carboxylic acid groups (broad SMARTS) is 1. The van der Waals surface area contributed by atoms with Gasteiger partial charge in [-0.15, -0.1) is 0 Å². The zero-order chi connectivity index (χ0) is 15.8. The maximum atomic E-state index is 11.9. The summed E-state index contributed by atoms with van der Waals surface area (Å²) in [6, 6.07) is 0. The van der Waals surface area contributed by atoms with Crippen LogP contribution < -0.4 is 5.32 Å². The number of hydrogen-bond acceptors (Lipinski definition) is 4. The first-order chi connectivity index (χ1) is 9.28. The number of carboxylic acids is 1. The van der Waals surface area contributed by atoms with Gasteiger partial charge in [-0.3, -0.25) is 9.59 Å². The summed E-state index contributed by atoms with van der Waals surface area (Å²) < 4.78 is 24.9. The van der Waals surface area contributed by atoms with Crippen molar-refractivity contribution in [3.63, 3.8) is 0 Å². The lowest BCUT2D eigenvalue weighted by Crippen LogP contribution is -2.41. The Morgan fingerprint density at radius 1 is 1.20 bits per heavy atom. The van der Waals surface area contributed by atoms with Crippen molar-refractivity contribution >= 4 is 21.9 Å². The molecule has 0 aromatic rings. The summed E-state index contributed by atoms with van der Waals surface area (Å²) >= 11 is 0. The van der Waals surface area contributed by atoms with E-state index in [1.165, 1.54) is 4.31 Å². The second kappa shape index (κ2) is 8.91. The highest BCUT2D eigenvalue weighted by molar-refractivity contribution is 7.89. The van der Waals surface area contributed by atoms with Gasteiger partial charge in [-0.2, -0.15) is 0 Å². The van der Waals surface area contributed by atoms with E-state index in [9.17, 15) is 18.0 Å². The molecular formula is C12H24N2O5S. The summed E-state index contributed by atoms with van der Waals surface area (Å²) in [7, 11) is -3.63. The molecule has 0 saturated carbocycles. The molecule has 0 bridgehead atoms. The highest BCUT2D eigenvalue weighted by atomic mass is 32.2. The van der Waals surface area contributed by atoms with Crippen molar-refractivity contribution in [1.29, 1.82) is 0 Å². The summed E-state index contributed by atoms with van der Waals surface area (Å²) in [5, 5.41) is 11.3. The van der Waals surface area contributed by atoms with Gasteiger partial charge in [0.1, 0.15) is 5.75 Å². The van der Waals surface area contributed by atoms with Crippen LogP contribution in [0.4, 0.5) is 0 Å². The molecule has 0 aromatic heterocycles. The van der Waals surface area contributed by atoms with Crippen molar-refractivity contribution in [2.75, 3.05) is 25.4 Å². The predicted octanol–water partition coefficient (Wildman–Crippen LogP) is 0.275.